The maximum atomic E-state index is 11.7. The van der Waals surface area contributed by atoms with Crippen molar-refractivity contribution in [3.63, 3.8) is 0 Å². The van der Waals surface area contributed by atoms with Gasteiger partial charge in [0, 0.05) is 18.9 Å². The lowest BCUT2D eigenvalue weighted by atomic mass is 9.78. The van der Waals surface area contributed by atoms with Gasteiger partial charge in [0.25, 0.3) is 0 Å². The summed E-state index contributed by atoms with van der Waals surface area (Å²) in [6.07, 6.45) is 4.59. The first-order chi connectivity index (χ1) is 6.15. The van der Waals surface area contributed by atoms with Gasteiger partial charge in [-0.05, 0) is 11.8 Å². The fourth-order valence-corrected chi connectivity index (χ4v) is 1.91. The van der Waals surface area contributed by atoms with Crippen molar-refractivity contribution in [1.82, 2.24) is 0 Å². The quantitative estimate of drug-likeness (QED) is 0.708. The normalized spacial score (nSPS) is 20.0. The summed E-state index contributed by atoms with van der Waals surface area (Å²) < 4.78 is 0. The Balaban J connectivity index is 2.34. The molecule has 2 heteroatoms. The number of Topliss-reactive ketones (excluding diaryl/α,β-unsaturated/α-hetero) is 1. The fourth-order valence-electron chi connectivity index (χ4n) is 1.91. The van der Waals surface area contributed by atoms with Gasteiger partial charge in [0.05, 0.1) is 0 Å². The molecular weight excluding hydrogens is 162 g/mol. The summed E-state index contributed by atoms with van der Waals surface area (Å²) in [5.74, 6) is 1.57. The summed E-state index contributed by atoms with van der Waals surface area (Å²) in [7, 11) is 0. The molecule has 1 rings (SSSR count). The van der Waals surface area contributed by atoms with Crippen LogP contribution in [-0.2, 0) is 4.79 Å². The average molecular weight is 183 g/mol. The second kappa shape index (κ2) is 4.75. The molecule has 0 bridgehead atoms. The molecule has 76 valence electrons. The molecule has 1 fully saturated rings. The lowest BCUT2D eigenvalue weighted by Crippen LogP contribution is -2.30. The Morgan fingerprint density at radius 1 is 1.46 bits per heavy atom. The molecule has 0 heterocycles. The molecular formula is C11H21NO. The minimum Gasteiger partial charge on any atom is -0.330 e. The topological polar surface area (TPSA) is 43.1 Å². The van der Waals surface area contributed by atoms with Gasteiger partial charge >= 0.3 is 0 Å². The van der Waals surface area contributed by atoms with E-state index in [9.17, 15) is 4.79 Å². The first-order valence-electron chi connectivity index (χ1n) is 5.38. The molecule has 1 atom stereocenters. The number of carbonyl (C=O) groups excluding carboxylic acids is 1. The molecule has 1 unspecified atom stereocenters. The molecule has 0 amide bonds. The highest BCUT2D eigenvalue weighted by atomic mass is 16.1. The maximum Gasteiger partial charge on any atom is 0.137 e. The van der Waals surface area contributed by atoms with Crippen molar-refractivity contribution >= 4 is 5.78 Å². The molecule has 13 heavy (non-hydrogen) atoms. The van der Waals surface area contributed by atoms with Crippen LogP contribution in [0.4, 0.5) is 0 Å². The summed E-state index contributed by atoms with van der Waals surface area (Å²) in [5.41, 5.74) is 5.59. The van der Waals surface area contributed by atoms with Crippen LogP contribution in [-0.4, -0.2) is 12.3 Å². The van der Waals surface area contributed by atoms with Gasteiger partial charge in [-0.2, -0.15) is 0 Å². The molecule has 0 saturated heterocycles. The second-order valence-corrected chi connectivity index (χ2v) is 4.55. The van der Waals surface area contributed by atoms with Gasteiger partial charge in [-0.15, -0.1) is 0 Å². The number of carbonyl (C=O) groups is 1. The van der Waals surface area contributed by atoms with E-state index in [0.717, 1.165) is 6.42 Å². The molecule has 1 aliphatic rings. The van der Waals surface area contributed by atoms with Crippen molar-refractivity contribution < 1.29 is 4.79 Å². The highest BCUT2D eigenvalue weighted by Gasteiger charge is 2.26. The zero-order chi connectivity index (χ0) is 9.84. The van der Waals surface area contributed by atoms with Crippen molar-refractivity contribution in [1.29, 1.82) is 0 Å². The zero-order valence-corrected chi connectivity index (χ0v) is 8.75. The summed E-state index contributed by atoms with van der Waals surface area (Å²) in [6.45, 7) is 4.68. The van der Waals surface area contributed by atoms with Crippen molar-refractivity contribution in [2.45, 2.75) is 39.5 Å². The zero-order valence-electron chi connectivity index (χ0n) is 8.75. The van der Waals surface area contributed by atoms with Crippen LogP contribution in [0.15, 0.2) is 0 Å². The minimum absolute atomic E-state index is 0.0978. The van der Waals surface area contributed by atoms with Crippen LogP contribution in [0.3, 0.4) is 0 Å². The number of hydrogen-bond donors (Lipinski definition) is 1. The van der Waals surface area contributed by atoms with Crippen molar-refractivity contribution in [3.8, 4) is 0 Å². The van der Waals surface area contributed by atoms with E-state index in [4.69, 9.17) is 5.73 Å². The summed E-state index contributed by atoms with van der Waals surface area (Å²) in [6, 6.07) is 0. The molecule has 0 aromatic heterocycles. The summed E-state index contributed by atoms with van der Waals surface area (Å²) in [4.78, 5) is 11.7. The second-order valence-electron chi connectivity index (χ2n) is 4.55. The average Bonchev–Trinajstić information content (AvgIpc) is 1.97. The van der Waals surface area contributed by atoms with Crippen molar-refractivity contribution in [3.05, 3.63) is 0 Å². The van der Waals surface area contributed by atoms with Crippen LogP contribution < -0.4 is 5.73 Å². The fraction of sp³-hybridized carbons (Fsp3) is 0.909. The van der Waals surface area contributed by atoms with E-state index in [2.05, 4.69) is 13.8 Å². The third kappa shape index (κ3) is 2.80. The third-order valence-corrected chi connectivity index (χ3v) is 3.19. The van der Waals surface area contributed by atoms with Gasteiger partial charge in [-0.1, -0.05) is 33.1 Å². The highest BCUT2D eigenvalue weighted by molar-refractivity contribution is 5.81. The minimum atomic E-state index is 0.0978. The summed E-state index contributed by atoms with van der Waals surface area (Å²) in [5, 5.41) is 0. The van der Waals surface area contributed by atoms with E-state index in [1.807, 2.05) is 0 Å². The molecule has 0 aliphatic heterocycles. The number of ketones is 1. The van der Waals surface area contributed by atoms with Gasteiger partial charge in [0.2, 0.25) is 0 Å². The largest absolute Gasteiger partial charge is 0.330 e. The Bertz CT molecular complexity index is 173. The first kappa shape index (κ1) is 10.7. The first-order valence-corrected chi connectivity index (χ1v) is 5.38. The predicted octanol–water partition coefficient (Wildman–Crippen LogP) is 1.98. The summed E-state index contributed by atoms with van der Waals surface area (Å²) >= 11 is 0. The van der Waals surface area contributed by atoms with E-state index < -0.39 is 0 Å². The Morgan fingerprint density at radius 2 is 2.08 bits per heavy atom. The maximum absolute atomic E-state index is 11.7. The van der Waals surface area contributed by atoms with E-state index in [1.165, 1.54) is 19.3 Å². The van der Waals surface area contributed by atoms with Crippen molar-refractivity contribution in [2.24, 2.45) is 23.5 Å². The van der Waals surface area contributed by atoms with E-state index in [1.54, 1.807) is 0 Å². The van der Waals surface area contributed by atoms with Gasteiger partial charge in [-0.3, -0.25) is 4.79 Å². The van der Waals surface area contributed by atoms with E-state index >= 15 is 0 Å². The van der Waals surface area contributed by atoms with Crippen LogP contribution in [0.5, 0.6) is 0 Å². The van der Waals surface area contributed by atoms with Crippen molar-refractivity contribution in [2.75, 3.05) is 6.54 Å². The molecule has 2 nitrogen and oxygen atoms in total. The van der Waals surface area contributed by atoms with Crippen LogP contribution >= 0.6 is 0 Å². The third-order valence-electron chi connectivity index (χ3n) is 3.19. The molecule has 0 spiro atoms. The molecule has 0 radical (unpaired) electrons. The van der Waals surface area contributed by atoms with Gasteiger partial charge in [0.15, 0.2) is 0 Å². The van der Waals surface area contributed by atoms with Gasteiger partial charge in [0.1, 0.15) is 5.78 Å². The van der Waals surface area contributed by atoms with E-state index in [0.29, 0.717) is 24.2 Å². The van der Waals surface area contributed by atoms with Gasteiger partial charge < -0.3 is 5.73 Å². The van der Waals surface area contributed by atoms with Crippen LogP contribution in [0.2, 0.25) is 0 Å². The number of hydrogen-bond acceptors (Lipinski definition) is 2. The molecule has 0 aromatic rings. The lowest BCUT2D eigenvalue weighted by molar-refractivity contribution is -0.125. The standard InChI is InChI=1S/C11H21NO/c1-8(2)10(7-12)11(13)6-9-4-3-5-9/h8-10H,3-7,12H2,1-2H3. The SMILES string of the molecule is CC(C)C(CN)C(=O)CC1CCC1. The van der Waals surface area contributed by atoms with Crippen LogP contribution in [0.25, 0.3) is 0 Å². The Kier molecular flexibility index (Phi) is 3.91. The Hall–Kier alpha value is -0.370. The Morgan fingerprint density at radius 3 is 2.38 bits per heavy atom. The van der Waals surface area contributed by atoms with Crippen LogP contribution in [0, 0.1) is 17.8 Å². The highest BCUT2D eigenvalue weighted by Crippen LogP contribution is 2.31. The van der Waals surface area contributed by atoms with Crippen LogP contribution in [0.1, 0.15) is 39.5 Å². The Labute approximate surface area is 80.9 Å². The lowest BCUT2D eigenvalue weighted by Gasteiger charge is -2.27. The number of nitrogens with two attached hydrogens (primary N) is 1. The number of rotatable bonds is 5. The smallest absolute Gasteiger partial charge is 0.137 e. The monoisotopic (exact) mass is 183 g/mol. The van der Waals surface area contributed by atoms with E-state index in [-0.39, 0.29) is 5.92 Å². The predicted molar refractivity (Wildman–Crippen MR) is 54.3 cm³/mol. The molecule has 1 aliphatic carbocycles. The van der Waals surface area contributed by atoms with Gasteiger partial charge in [-0.25, -0.2) is 0 Å². The molecule has 2 N–H and O–H groups in total. The molecule has 0 aromatic carbocycles. The molecule has 1 saturated carbocycles.